The molecule has 0 spiro atoms. The first kappa shape index (κ1) is 26.2. The van der Waals surface area contributed by atoms with E-state index < -0.39 is 0 Å². The Labute approximate surface area is 188 Å². The summed E-state index contributed by atoms with van der Waals surface area (Å²) in [5.41, 5.74) is 2.29. The Morgan fingerprint density at radius 2 is 1.10 bits per heavy atom. The predicted octanol–water partition coefficient (Wildman–Crippen LogP) is 8.89. The summed E-state index contributed by atoms with van der Waals surface area (Å²) < 4.78 is 5.37. The number of ether oxygens (including phenoxy) is 1. The lowest BCUT2D eigenvalue weighted by Gasteiger charge is -2.06. The summed E-state index contributed by atoms with van der Waals surface area (Å²) in [6, 6.07) is 8.17. The van der Waals surface area contributed by atoms with Crippen LogP contribution in [0.2, 0.25) is 0 Å². The van der Waals surface area contributed by atoms with Gasteiger partial charge in [0.1, 0.15) is 6.61 Å². The van der Waals surface area contributed by atoms with Crippen molar-refractivity contribution >= 4 is 21.9 Å². The highest BCUT2D eigenvalue weighted by Gasteiger charge is 2.03. The highest BCUT2D eigenvalue weighted by Crippen LogP contribution is 2.14. The third-order valence-corrected chi connectivity index (χ3v) is 6.21. The zero-order chi connectivity index (χ0) is 21.0. The van der Waals surface area contributed by atoms with Crippen molar-refractivity contribution in [3.63, 3.8) is 0 Å². The van der Waals surface area contributed by atoms with E-state index in [-0.39, 0.29) is 5.97 Å². The van der Waals surface area contributed by atoms with Crippen LogP contribution in [0.25, 0.3) is 0 Å². The minimum absolute atomic E-state index is 0.0655. The number of carbonyl (C=O) groups excluding carboxylic acids is 1. The second-order valence-corrected chi connectivity index (χ2v) is 8.87. The molecule has 2 nitrogen and oxygen atoms in total. The largest absolute Gasteiger partial charge is 0.461 e. The summed E-state index contributed by atoms with van der Waals surface area (Å²) >= 11 is 3.43. The monoisotopic (exact) mass is 466 g/mol. The molecule has 0 amide bonds. The molecule has 0 atom stereocenters. The molecule has 0 radical (unpaired) electrons. The molecule has 166 valence electrons. The minimum Gasteiger partial charge on any atom is -0.461 e. The van der Waals surface area contributed by atoms with Gasteiger partial charge in [-0.15, -0.1) is 0 Å². The van der Waals surface area contributed by atoms with Gasteiger partial charge in [-0.25, -0.2) is 0 Å². The number of benzene rings is 1. The van der Waals surface area contributed by atoms with E-state index in [4.69, 9.17) is 4.74 Å². The van der Waals surface area contributed by atoms with Gasteiger partial charge in [0.05, 0.1) is 0 Å². The molecule has 3 heteroatoms. The summed E-state index contributed by atoms with van der Waals surface area (Å²) in [4.78, 5) is 11.8. The SMILES string of the molecule is CCCCCCCCCCCCCCCCCC(=O)OCc1ccc(CBr)cc1. The first-order valence-electron chi connectivity index (χ1n) is 12.1. The van der Waals surface area contributed by atoms with Crippen LogP contribution in [0.1, 0.15) is 121 Å². The van der Waals surface area contributed by atoms with Gasteiger partial charge in [0.15, 0.2) is 0 Å². The van der Waals surface area contributed by atoms with E-state index in [0.29, 0.717) is 13.0 Å². The normalized spacial score (nSPS) is 11.0. The summed E-state index contributed by atoms with van der Waals surface area (Å²) in [6.07, 6.45) is 20.7. The van der Waals surface area contributed by atoms with E-state index in [0.717, 1.165) is 23.7 Å². The molecule has 0 aliphatic heterocycles. The minimum atomic E-state index is -0.0655. The van der Waals surface area contributed by atoms with Crippen LogP contribution in [0.5, 0.6) is 0 Å². The van der Waals surface area contributed by atoms with Gasteiger partial charge in [0.2, 0.25) is 0 Å². The molecule has 0 saturated heterocycles. The molecular weight excluding hydrogens is 424 g/mol. The number of hydrogen-bond donors (Lipinski definition) is 0. The molecule has 0 aliphatic rings. The van der Waals surface area contributed by atoms with Crippen molar-refractivity contribution in [3.05, 3.63) is 35.4 Å². The van der Waals surface area contributed by atoms with E-state index >= 15 is 0 Å². The first-order valence-corrected chi connectivity index (χ1v) is 13.2. The molecule has 0 aliphatic carbocycles. The highest BCUT2D eigenvalue weighted by molar-refractivity contribution is 9.08. The highest BCUT2D eigenvalue weighted by atomic mass is 79.9. The van der Waals surface area contributed by atoms with Crippen LogP contribution in [-0.4, -0.2) is 5.97 Å². The van der Waals surface area contributed by atoms with E-state index in [1.54, 1.807) is 0 Å². The van der Waals surface area contributed by atoms with Crippen molar-refractivity contribution in [2.75, 3.05) is 0 Å². The Morgan fingerprint density at radius 1 is 0.690 bits per heavy atom. The average molecular weight is 468 g/mol. The quantitative estimate of drug-likeness (QED) is 0.115. The fourth-order valence-electron chi connectivity index (χ4n) is 3.60. The van der Waals surface area contributed by atoms with Crippen molar-refractivity contribution in [3.8, 4) is 0 Å². The van der Waals surface area contributed by atoms with Gasteiger partial charge in [-0.05, 0) is 17.5 Å². The van der Waals surface area contributed by atoms with E-state index in [1.165, 1.54) is 89.0 Å². The Morgan fingerprint density at radius 3 is 1.55 bits per heavy atom. The van der Waals surface area contributed by atoms with Gasteiger partial charge in [-0.2, -0.15) is 0 Å². The van der Waals surface area contributed by atoms with Crippen LogP contribution in [0.15, 0.2) is 24.3 Å². The van der Waals surface area contributed by atoms with Crippen LogP contribution in [-0.2, 0) is 21.5 Å². The molecule has 29 heavy (non-hydrogen) atoms. The van der Waals surface area contributed by atoms with Crippen molar-refractivity contribution < 1.29 is 9.53 Å². The molecule has 0 unspecified atom stereocenters. The van der Waals surface area contributed by atoms with E-state index in [1.807, 2.05) is 12.1 Å². The molecule has 0 heterocycles. The zero-order valence-electron chi connectivity index (χ0n) is 18.7. The lowest BCUT2D eigenvalue weighted by atomic mass is 10.0. The second-order valence-electron chi connectivity index (χ2n) is 8.31. The van der Waals surface area contributed by atoms with Gasteiger partial charge in [0.25, 0.3) is 0 Å². The predicted molar refractivity (Wildman–Crippen MR) is 128 cm³/mol. The fraction of sp³-hybridized carbons (Fsp3) is 0.731. The van der Waals surface area contributed by atoms with Crippen LogP contribution >= 0.6 is 15.9 Å². The van der Waals surface area contributed by atoms with Crippen molar-refractivity contribution in [2.45, 2.75) is 122 Å². The fourth-order valence-corrected chi connectivity index (χ4v) is 3.98. The Hall–Kier alpha value is -0.830. The molecule has 1 aromatic rings. The van der Waals surface area contributed by atoms with Crippen molar-refractivity contribution in [2.24, 2.45) is 0 Å². The lowest BCUT2D eigenvalue weighted by Crippen LogP contribution is -2.04. The molecule has 0 saturated carbocycles. The Kier molecular flexibility index (Phi) is 17.3. The Bertz CT molecular complexity index is 498. The zero-order valence-corrected chi connectivity index (χ0v) is 20.3. The van der Waals surface area contributed by atoms with Crippen LogP contribution in [0.4, 0.5) is 0 Å². The molecule has 0 aromatic heterocycles. The van der Waals surface area contributed by atoms with E-state index in [2.05, 4.69) is 35.0 Å². The van der Waals surface area contributed by atoms with Crippen LogP contribution in [0, 0.1) is 0 Å². The smallest absolute Gasteiger partial charge is 0.306 e. The third-order valence-electron chi connectivity index (χ3n) is 5.56. The van der Waals surface area contributed by atoms with Gasteiger partial charge in [0, 0.05) is 11.8 Å². The number of unbranched alkanes of at least 4 members (excludes halogenated alkanes) is 14. The standard InChI is InChI=1S/C26H43BrO2/c1-2-3-4-5-6-7-8-9-10-11-12-13-14-15-16-17-26(28)29-23-25-20-18-24(22-27)19-21-25/h18-21H,2-17,22-23H2,1H3. The maximum absolute atomic E-state index is 11.8. The van der Waals surface area contributed by atoms with Gasteiger partial charge >= 0.3 is 5.97 Å². The molecule has 0 bridgehead atoms. The van der Waals surface area contributed by atoms with Crippen molar-refractivity contribution in [1.82, 2.24) is 0 Å². The number of hydrogen-bond acceptors (Lipinski definition) is 2. The van der Waals surface area contributed by atoms with Gasteiger partial charge in [-0.1, -0.05) is 137 Å². The number of alkyl halides is 1. The Balaban J connectivity index is 1.82. The summed E-state index contributed by atoms with van der Waals surface area (Å²) in [6.45, 7) is 2.67. The van der Waals surface area contributed by atoms with Crippen LogP contribution < -0.4 is 0 Å². The second kappa shape index (κ2) is 19.2. The molecule has 0 fully saturated rings. The molecule has 1 rings (SSSR count). The first-order chi connectivity index (χ1) is 14.3. The summed E-state index contributed by atoms with van der Waals surface area (Å²) in [7, 11) is 0. The molecule has 1 aromatic carbocycles. The summed E-state index contributed by atoms with van der Waals surface area (Å²) in [5, 5.41) is 0.853. The number of halogens is 1. The van der Waals surface area contributed by atoms with Crippen LogP contribution in [0.3, 0.4) is 0 Å². The maximum atomic E-state index is 11.8. The topological polar surface area (TPSA) is 26.3 Å². The number of esters is 1. The van der Waals surface area contributed by atoms with Gasteiger partial charge < -0.3 is 4.74 Å². The summed E-state index contributed by atoms with van der Waals surface area (Å²) in [5.74, 6) is -0.0655. The van der Waals surface area contributed by atoms with E-state index in [9.17, 15) is 4.79 Å². The molecular formula is C26H43BrO2. The molecule has 0 N–H and O–H groups in total. The van der Waals surface area contributed by atoms with Gasteiger partial charge in [-0.3, -0.25) is 4.79 Å². The average Bonchev–Trinajstić information content (AvgIpc) is 2.75. The maximum Gasteiger partial charge on any atom is 0.306 e. The van der Waals surface area contributed by atoms with Crippen molar-refractivity contribution in [1.29, 1.82) is 0 Å². The number of carbonyl (C=O) groups is 1. The lowest BCUT2D eigenvalue weighted by molar-refractivity contribution is -0.145. The number of rotatable bonds is 19. The third kappa shape index (κ3) is 15.6.